The van der Waals surface area contributed by atoms with Crippen LogP contribution < -0.4 is 10.2 Å². The fourth-order valence-corrected chi connectivity index (χ4v) is 3.55. The lowest BCUT2D eigenvalue weighted by Gasteiger charge is -2.18. The lowest BCUT2D eigenvalue weighted by molar-refractivity contribution is 0.922. The van der Waals surface area contributed by atoms with Gasteiger partial charge in [-0.15, -0.1) is 0 Å². The number of nitrogens with one attached hydrogen (secondary N) is 1. The lowest BCUT2D eigenvalue weighted by Crippen LogP contribution is -2.18. The maximum atomic E-state index is 6.05. The smallest absolute Gasteiger partial charge is 0.232 e. The Balaban J connectivity index is 1.48. The van der Waals surface area contributed by atoms with Crippen molar-refractivity contribution in [2.24, 2.45) is 0 Å². The summed E-state index contributed by atoms with van der Waals surface area (Å²) in [4.78, 5) is 11.6. The van der Waals surface area contributed by atoms with Gasteiger partial charge in [0.05, 0.1) is 0 Å². The molecule has 2 aromatic carbocycles. The fourth-order valence-electron chi connectivity index (χ4n) is 3.34. The predicted molar refractivity (Wildman–Crippen MR) is 108 cm³/mol. The summed E-state index contributed by atoms with van der Waals surface area (Å²) in [5.41, 5.74) is 4.74. The average Bonchev–Trinajstić information content (AvgIpc) is 3.05. The van der Waals surface area contributed by atoms with Gasteiger partial charge in [0.2, 0.25) is 5.95 Å². The quantitative estimate of drug-likeness (QED) is 0.706. The monoisotopic (exact) mass is 364 g/mol. The number of anilines is 3. The average molecular weight is 365 g/mol. The molecule has 0 radical (unpaired) electrons. The zero-order valence-electron chi connectivity index (χ0n) is 14.7. The maximum absolute atomic E-state index is 6.05. The first kappa shape index (κ1) is 16.9. The molecule has 1 aromatic heterocycles. The van der Waals surface area contributed by atoms with E-state index < -0.39 is 0 Å². The van der Waals surface area contributed by atoms with Crippen molar-refractivity contribution in [1.29, 1.82) is 0 Å². The maximum Gasteiger partial charge on any atom is 0.232 e. The van der Waals surface area contributed by atoms with Gasteiger partial charge >= 0.3 is 0 Å². The van der Waals surface area contributed by atoms with Crippen LogP contribution in [0.1, 0.15) is 16.8 Å². The largest absolute Gasteiger partial charge is 0.370 e. The number of aromatic nitrogens is 2. The topological polar surface area (TPSA) is 41.1 Å². The van der Waals surface area contributed by atoms with Gasteiger partial charge in [0.15, 0.2) is 0 Å². The van der Waals surface area contributed by atoms with Crippen molar-refractivity contribution in [3.8, 4) is 0 Å². The number of hydrogen-bond donors (Lipinski definition) is 1. The summed E-state index contributed by atoms with van der Waals surface area (Å²) < 4.78 is 0. The number of para-hydroxylation sites is 1. The number of fused-ring (bicyclic) bond motifs is 1. The molecule has 0 saturated carbocycles. The van der Waals surface area contributed by atoms with Crippen LogP contribution in [0.25, 0.3) is 0 Å². The fraction of sp³-hybridized carbons (Fsp3) is 0.238. The molecule has 0 amide bonds. The van der Waals surface area contributed by atoms with Gasteiger partial charge in [-0.3, -0.25) is 0 Å². The highest BCUT2D eigenvalue weighted by atomic mass is 35.5. The summed E-state index contributed by atoms with van der Waals surface area (Å²) in [7, 11) is 0. The van der Waals surface area contributed by atoms with E-state index >= 15 is 0 Å². The first-order chi connectivity index (χ1) is 12.7. The Labute approximate surface area is 158 Å². The van der Waals surface area contributed by atoms with E-state index in [1.165, 1.54) is 16.8 Å². The van der Waals surface area contributed by atoms with Gasteiger partial charge in [0.25, 0.3) is 0 Å². The molecule has 1 aliphatic rings. The van der Waals surface area contributed by atoms with Gasteiger partial charge in [-0.25, -0.2) is 4.98 Å². The Morgan fingerprint density at radius 1 is 1.08 bits per heavy atom. The summed E-state index contributed by atoms with van der Waals surface area (Å²) in [6.07, 6.45) is 1.93. The van der Waals surface area contributed by atoms with Crippen molar-refractivity contribution in [1.82, 2.24) is 9.97 Å². The van der Waals surface area contributed by atoms with E-state index in [-0.39, 0.29) is 0 Å². The molecule has 0 saturated heterocycles. The molecule has 0 fully saturated rings. The second-order valence-electron chi connectivity index (χ2n) is 6.53. The Morgan fingerprint density at radius 2 is 1.96 bits per heavy atom. The SMILES string of the molecule is Cc1cc(NCCc2cccc(Cl)c2)nc(N2CCc3ccccc32)n1. The third-order valence-corrected chi connectivity index (χ3v) is 4.81. The number of halogens is 1. The van der Waals surface area contributed by atoms with E-state index in [1.807, 2.05) is 31.2 Å². The van der Waals surface area contributed by atoms with E-state index in [0.717, 1.165) is 48.4 Å². The molecule has 0 atom stereocenters. The number of nitrogens with zero attached hydrogens (tertiary/aromatic N) is 3. The van der Waals surface area contributed by atoms with Crippen molar-refractivity contribution >= 4 is 29.1 Å². The Morgan fingerprint density at radius 3 is 2.85 bits per heavy atom. The van der Waals surface area contributed by atoms with Gasteiger partial charge in [-0.1, -0.05) is 41.9 Å². The Hall–Kier alpha value is -2.59. The highest BCUT2D eigenvalue weighted by Gasteiger charge is 2.22. The van der Waals surface area contributed by atoms with Crippen molar-refractivity contribution in [3.05, 3.63) is 76.4 Å². The molecule has 2 heterocycles. The highest BCUT2D eigenvalue weighted by Crippen LogP contribution is 2.32. The molecule has 3 aromatic rings. The first-order valence-electron chi connectivity index (χ1n) is 8.88. The van der Waals surface area contributed by atoms with Crippen molar-refractivity contribution in [2.45, 2.75) is 19.8 Å². The van der Waals surface area contributed by atoms with E-state index in [9.17, 15) is 0 Å². The molecule has 132 valence electrons. The van der Waals surface area contributed by atoms with E-state index in [2.05, 4.69) is 45.5 Å². The molecule has 26 heavy (non-hydrogen) atoms. The van der Waals surface area contributed by atoms with Crippen LogP contribution in [0.5, 0.6) is 0 Å². The van der Waals surface area contributed by atoms with Gasteiger partial charge in [0.1, 0.15) is 5.82 Å². The zero-order valence-corrected chi connectivity index (χ0v) is 15.5. The van der Waals surface area contributed by atoms with Crippen LogP contribution in [0, 0.1) is 6.92 Å². The molecule has 0 unspecified atom stereocenters. The van der Waals surface area contributed by atoms with Crippen LogP contribution in [-0.2, 0) is 12.8 Å². The summed E-state index contributed by atoms with van der Waals surface area (Å²) in [5, 5.41) is 4.19. The summed E-state index contributed by atoms with van der Waals surface area (Å²) in [6, 6.07) is 18.4. The van der Waals surface area contributed by atoms with Gasteiger partial charge in [-0.2, -0.15) is 4.98 Å². The second-order valence-corrected chi connectivity index (χ2v) is 6.97. The van der Waals surface area contributed by atoms with Crippen LogP contribution >= 0.6 is 11.6 Å². The molecule has 0 spiro atoms. The van der Waals surface area contributed by atoms with E-state index in [0.29, 0.717) is 0 Å². The molecule has 4 rings (SSSR count). The third kappa shape index (κ3) is 3.65. The minimum atomic E-state index is 0.764. The molecule has 0 bridgehead atoms. The van der Waals surface area contributed by atoms with Crippen LogP contribution in [0.2, 0.25) is 5.02 Å². The molecular formula is C21H21ClN4. The predicted octanol–water partition coefficient (Wildman–Crippen LogP) is 4.79. The van der Waals surface area contributed by atoms with Crippen LogP contribution in [0.3, 0.4) is 0 Å². The lowest BCUT2D eigenvalue weighted by atomic mass is 10.1. The molecule has 0 aliphatic carbocycles. The van der Waals surface area contributed by atoms with Crippen molar-refractivity contribution in [3.63, 3.8) is 0 Å². The van der Waals surface area contributed by atoms with E-state index in [1.54, 1.807) is 0 Å². The Bertz CT molecular complexity index is 925. The van der Waals surface area contributed by atoms with Crippen LogP contribution in [-0.4, -0.2) is 23.1 Å². The third-order valence-electron chi connectivity index (χ3n) is 4.58. The highest BCUT2D eigenvalue weighted by molar-refractivity contribution is 6.30. The standard InChI is InChI=1S/C21H21ClN4/c1-15-13-20(23-11-9-16-5-4-7-18(22)14-16)25-21(24-15)26-12-10-17-6-2-3-8-19(17)26/h2-8,13-14H,9-12H2,1H3,(H,23,24,25). The summed E-state index contributed by atoms with van der Waals surface area (Å²) in [5.74, 6) is 1.62. The molecule has 1 N–H and O–H groups in total. The summed E-state index contributed by atoms with van der Waals surface area (Å²) >= 11 is 6.05. The number of hydrogen-bond acceptors (Lipinski definition) is 4. The molecule has 4 nitrogen and oxygen atoms in total. The molecule has 1 aliphatic heterocycles. The number of benzene rings is 2. The van der Waals surface area contributed by atoms with Gasteiger partial charge in [0, 0.05) is 35.6 Å². The zero-order chi connectivity index (χ0) is 17.9. The van der Waals surface area contributed by atoms with Crippen LogP contribution in [0.15, 0.2) is 54.6 Å². The number of aryl methyl sites for hydroxylation is 1. The van der Waals surface area contributed by atoms with Crippen LogP contribution in [0.4, 0.5) is 17.5 Å². The minimum Gasteiger partial charge on any atom is -0.370 e. The Kier molecular flexibility index (Phi) is 4.76. The van der Waals surface area contributed by atoms with Gasteiger partial charge < -0.3 is 10.2 Å². The van der Waals surface area contributed by atoms with E-state index in [4.69, 9.17) is 16.6 Å². The second kappa shape index (κ2) is 7.34. The van der Waals surface area contributed by atoms with Crippen molar-refractivity contribution < 1.29 is 0 Å². The first-order valence-corrected chi connectivity index (χ1v) is 9.26. The molecular weight excluding hydrogens is 344 g/mol. The van der Waals surface area contributed by atoms with Crippen molar-refractivity contribution in [2.75, 3.05) is 23.3 Å². The minimum absolute atomic E-state index is 0.764. The normalized spacial score (nSPS) is 12.9. The van der Waals surface area contributed by atoms with Gasteiger partial charge in [-0.05, 0) is 49.1 Å². The summed E-state index contributed by atoms with van der Waals surface area (Å²) in [6.45, 7) is 3.73. The molecule has 5 heteroatoms. The number of rotatable bonds is 5.